The van der Waals surface area contributed by atoms with Crippen molar-refractivity contribution in [2.75, 3.05) is 36.4 Å². The molecule has 0 fully saturated rings. The van der Waals surface area contributed by atoms with Gasteiger partial charge in [-0.15, -0.1) is 0 Å². The van der Waals surface area contributed by atoms with Crippen LogP contribution < -0.4 is 15.5 Å². The van der Waals surface area contributed by atoms with Crippen molar-refractivity contribution in [2.24, 2.45) is 0 Å². The van der Waals surface area contributed by atoms with Gasteiger partial charge in [0.05, 0.1) is 6.54 Å². The lowest BCUT2D eigenvalue weighted by atomic mass is 10.2. The van der Waals surface area contributed by atoms with E-state index < -0.39 is 6.09 Å². The number of nitrogens with one attached hydrogen (secondary N) is 2. The molecule has 0 atom stereocenters. The number of aromatic nitrogens is 2. The Balaban J connectivity index is 1.72. The van der Waals surface area contributed by atoms with Gasteiger partial charge in [0.15, 0.2) is 0 Å². The molecule has 0 aliphatic carbocycles. The Bertz CT molecular complexity index is 1210. The molecule has 190 valence electrons. The van der Waals surface area contributed by atoms with Crippen molar-refractivity contribution in [3.05, 3.63) is 75.9 Å². The van der Waals surface area contributed by atoms with Gasteiger partial charge in [-0.25, -0.2) is 9.78 Å². The molecule has 11 heteroatoms. The molecule has 0 saturated heterocycles. The van der Waals surface area contributed by atoms with Crippen molar-refractivity contribution in [1.29, 1.82) is 0 Å². The number of hydrogen-bond acceptors (Lipinski definition) is 6. The van der Waals surface area contributed by atoms with E-state index in [1.165, 1.54) is 12.3 Å². The minimum atomic E-state index is -1.21. The van der Waals surface area contributed by atoms with Crippen molar-refractivity contribution >= 4 is 52.7 Å². The molecule has 0 unspecified atom stereocenters. The third kappa shape index (κ3) is 7.55. The second-order valence-electron chi connectivity index (χ2n) is 7.83. The van der Waals surface area contributed by atoms with Crippen LogP contribution >= 0.6 is 23.2 Å². The van der Waals surface area contributed by atoms with E-state index in [-0.39, 0.29) is 24.2 Å². The number of amides is 2. The van der Waals surface area contributed by atoms with Gasteiger partial charge in [0, 0.05) is 40.6 Å². The Morgan fingerprint density at radius 3 is 2.56 bits per heavy atom. The summed E-state index contributed by atoms with van der Waals surface area (Å²) in [7, 11) is 0. The van der Waals surface area contributed by atoms with Crippen LogP contribution in [0, 0.1) is 0 Å². The first kappa shape index (κ1) is 27.2. The first-order valence-electron chi connectivity index (χ1n) is 11.5. The minimum absolute atomic E-state index is 0.0473. The average molecular weight is 531 g/mol. The van der Waals surface area contributed by atoms with Gasteiger partial charge in [-0.3, -0.25) is 9.69 Å². The van der Waals surface area contributed by atoms with Crippen molar-refractivity contribution in [3.63, 3.8) is 0 Å². The molecule has 2 aromatic carbocycles. The zero-order chi connectivity index (χ0) is 26.1. The van der Waals surface area contributed by atoms with E-state index in [1.807, 2.05) is 0 Å². The SMILES string of the molecule is CCN(CC)CCNC(=O)c1cccc(Nc2nccc(N(Cc3cc(Cl)ccc3Cl)C(=O)O)n2)c1. The van der Waals surface area contributed by atoms with E-state index in [0.717, 1.165) is 24.5 Å². The Hall–Kier alpha value is -3.40. The molecule has 9 nitrogen and oxygen atoms in total. The number of benzene rings is 2. The van der Waals surface area contributed by atoms with E-state index >= 15 is 0 Å². The third-order valence-electron chi connectivity index (χ3n) is 5.47. The van der Waals surface area contributed by atoms with Gasteiger partial charge in [0.2, 0.25) is 5.95 Å². The summed E-state index contributed by atoms with van der Waals surface area (Å²) in [4.78, 5) is 36.3. The van der Waals surface area contributed by atoms with Crippen LogP contribution in [-0.4, -0.2) is 58.2 Å². The maximum absolute atomic E-state index is 12.6. The summed E-state index contributed by atoms with van der Waals surface area (Å²) >= 11 is 12.3. The monoisotopic (exact) mass is 530 g/mol. The lowest BCUT2D eigenvalue weighted by molar-refractivity contribution is 0.0949. The van der Waals surface area contributed by atoms with Gasteiger partial charge in [0.1, 0.15) is 5.82 Å². The summed E-state index contributed by atoms with van der Waals surface area (Å²) in [6.07, 6.45) is 0.239. The number of anilines is 3. The average Bonchev–Trinajstić information content (AvgIpc) is 2.87. The summed E-state index contributed by atoms with van der Waals surface area (Å²) in [6, 6.07) is 13.2. The van der Waals surface area contributed by atoms with Crippen LogP contribution in [0.25, 0.3) is 0 Å². The van der Waals surface area contributed by atoms with Gasteiger partial charge in [0.25, 0.3) is 5.91 Å². The first-order chi connectivity index (χ1) is 17.3. The molecule has 3 aromatic rings. The topological polar surface area (TPSA) is 111 Å². The number of likely N-dealkylation sites (N-methyl/N-ethyl adjacent to an activating group) is 1. The number of rotatable bonds is 11. The molecule has 3 rings (SSSR count). The maximum atomic E-state index is 12.6. The van der Waals surface area contributed by atoms with Crippen LogP contribution in [0.4, 0.5) is 22.2 Å². The number of carbonyl (C=O) groups is 2. The van der Waals surface area contributed by atoms with Crippen molar-refractivity contribution in [3.8, 4) is 0 Å². The molecule has 0 radical (unpaired) electrons. The highest BCUT2D eigenvalue weighted by Crippen LogP contribution is 2.25. The minimum Gasteiger partial charge on any atom is -0.465 e. The highest BCUT2D eigenvalue weighted by Gasteiger charge is 2.19. The fourth-order valence-electron chi connectivity index (χ4n) is 3.48. The molecule has 0 aliphatic rings. The van der Waals surface area contributed by atoms with Gasteiger partial charge >= 0.3 is 6.09 Å². The second kappa shape index (κ2) is 13.1. The summed E-state index contributed by atoms with van der Waals surface area (Å²) < 4.78 is 0. The summed E-state index contributed by atoms with van der Waals surface area (Å²) in [5, 5.41) is 16.6. The number of halogens is 2. The molecule has 1 aromatic heterocycles. The molecule has 0 saturated carbocycles. The Morgan fingerprint density at radius 2 is 1.83 bits per heavy atom. The zero-order valence-corrected chi connectivity index (χ0v) is 21.6. The second-order valence-corrected chi connectivity index (χ2v) is 8.68. The van der Waals surface area contributed by atoms with E-state index in [4.69, 9.17) is 23.2 Å². The van der Waals surface area contributed by atoms with Gasteiger partial charge in [-0.1, -0.05) is 43.1 Å². The summed E-state index contributed by atoms with van der Waals surface area (Å²) in [5.41, 5.74) is 1.61. The normalized spacial score (nSPS) is 10.8. The molecule has 0 spiro atoms. The van der Waals surface area contributed by atoms with Gasteiger partial charge < -0.3 is 20.6 Å². The van der Waals surface area contributed by atoms with Crippen LogP contribution in [0.1, 0.15) is 29.8 Å². The van der Waals surface area contributed by atoms with Crippen LogP contribution in [-0.2, 0) is 6.54 Å². The van der Waals surface area contributed by atoms with E-state index in [1.54, 1.807) is 42.5 Å². The Labute approximate surface area is 220 Å². The van der Waals surface area contributed by atoms with Crippen molar-refractivity contribution < 1.29 is 14.7 Å². The number of hydrogen-bond donors (Lipinski definition) is 3. The van der Waals surface area contributed by atoms with E-state index in [2.05, 4.69) is 39.3 Å². The van der Waals surface area contributed by atoms with Crippen LogP contribution in [0.2, 0.25) is 10.0 Å². The molecule has 2 amide bonds. The van der Waals surface area contributed by atoms with Crippen molar-refractivity contribution in [1.82, 2.24) is 20.2 Å². The molecule has 0 bridgehead atoms. The van der Waals surface area contributed by atoms with Crippen LogP contribution in [0.5, 0.6) is 0 Å². The van der Waals surface area contributed by atoms with Crippen LogP contribution in [0.3, 0.4) is 0 Å². The fourth-order valence-corrected chi connectivity index (χ4v) is 3.85. The zero-order valence-electron chi connectivity index (χ0n) is 20.0. The Morgan fingerprint density at radius 1 is 1.06 bits per heavy atom. The molecular formula is C25H28Cl2N6O3. The Kier molecular flexibility index (Phi) is 9.86. The van der Waals surface area contributed by atoms with Crippen molar-refractivity contribution in [2.45, 2.75) is 20.4 Å². The highest BCUT2D eigenvalue weighted by atomic mass is 35.5. The van der Waals surface area contributed by atoms with Crippen LogP contribution in [0.15, 0.2) is 54.7 Å². The molecule has 36 heavy (non-hydrogen) atoms. The van der Waals surface area contributed by atoms with E-state index in [0.29, 0.717) is 33.4 Å². The summed E-state index contributed by atoms with van der Waals surface area (Å²) in [6.45, 7) is 7.29. The molecule has 3 N–H and O–H groups in total. The smallest absolute Gasteiger partial charge is 0.413 e. The quantitative estimate of drug-likeness (QED) is 0.309. The van der Waals surface area contributed by atoms with Gasteiger partial charge in [-0.2, -0.15) is 4.98 Å². The van der Waals surface area contributed by atoms with Gasteiger partial charge in [-0.05, 0) is 61.1 Å². The molecule has 0 aliphatic heterocycles. The third-order valence-corrected chi connectivity index (χ3v) is 6.08. The van der Waals surface area contributed by atoms with E-state index in [9.17, 15) is 14.7 Å². The predicted molar refractivity (Wildman–Crippen MR) is 143 cm³/mol. The highest BCUT2D eigenvalue weighted by molar-refractivity contribution is 6.33. The maximum Gasteiger partial charge on any atom is 0.413 e. The number of nitrogens with zero attached hydrogens (tertiary/aromatic N) is 4. The lowest BCUT2D eigenvalue weighted by Gasteiger charge is -2.19. The number of carbonyl (C=O) groups excluding carboxylic acids is 1. The lowest BCUT2D eigenvalue weighted by Crippen LogP contribution is -2.34. The largest absolute Gasteiger partial charge is 0.465 e. The predicted octanol–water partition coefficient (Wildman–Crippen LogP) is 5.28. The first-order valence-corrected chi connectivity index (χ1v) is 12.2. The molecule has 1 heterocycles. The fraction of sp³-hybridized carbons (Fsp3) is 0.280. The molecular weight excluding hydrogens is 503 g/mol. The standard InChI is InChI=1S/C25H28Cl2N6O3/c1-3-32(4-2)13-12-28-23(34)17-6-5-7-20(15-17)30-24-29-11-10-22(31-24)33(25(35)36)16-18-14-19(26)8-9-21(18)27/h5-11,14-15H,3-4,12-13,16H2,1-2H3,(H,28,34)(H,35,36)(H,29,30,31). The number of carboxylic acid groups (broad SMARTS) is 1. The summed E-state index contributed by atoms with van der Waals surface area (Å²) in [5.74, 6) is 0.146.